The second kappa shape index (κ2) is 8.15. The predicted octanol–water partition coefficient (Wildman–Crippen LogP) is 6.03. The van der Waals surface area contributed by atoms with Gasteiger partial charge in [-0.3, -0.25) is 0 Å². The fourth-order valence-corrected chi connectivity index (χ4v) is 4.51. The minimum absolute atomic E-state index is 0.0721. The van der Waals surface area contributed by atoms with Gasteiger partial charge in [0.1, 0.15) is 6.61 Å². The van der Waals surface area contributed by atoms with Gasteiger partial charge >= 0.3 is 6.09 Å². The number of aromatic nitrogens is 1. The average Bonchev–Trinajstić information content (AvgIpc) is 3.35. The van der Waals surface area contributed by atoms with Gasteiger partial charge in [-0.25, -0.2) is 4.79 Å². The minimum atomic E-state index is -0.401. The Morgan fingerprint density at radius 2 is 1.71 bits per heavy atom. The van der Waals surface area contributed by atoms with Crippen LogP contribution >= 0.6 is 0 Å². The highest BCUT2D eigenvalue weighted by molar-refractivity contribution is 5.91. The molecule has 4 heteroatoms. The summed E-state index contributed by atoms with van der Waals surface area (Å²) in [6, 6.07) is 22.9. The number of carbonyl (C=O) groups excluding carboxylic acids is 1. The molecule has 1 aromatic heterocycles. The average molecular weight is 409 g/mol. The monoisotopic (exact) mass is 408 g/mol. The zero-order valence-corrected chi connectivity index (χ0v) is 17.4. The van der Waals surface area contributed by atoms with Gasteiger partial charge < -0.3 is 15.0 Å². The Labute approximate surface area is 181 Å². The van der Waals surface area contributed by atoms with Crippen LogP contribution in [0.15, 0.2) is 79.0 Å². The molecule has 0 fully saturated rings. The summed E-state index contributed by atoms with van der Waals surface area (Å²) >= 11 is 0. The van der Waals surface area contributed by atoms with E-state index in [9.17, 15) is 4.79 Å². The Bertz CT molecular complexity index is 1240. The minimum Gasteiger partial charge on any atom is -0.449 e. The van der Waals surface area contributed by atoms with Crippen LogP contribution in [0, 0.1) is 6.92 Å². The van der Waals surface area contributed by atoms with E-state index >= 15 is 0 Å². The SMILES string of the molecule is Cc1cccc2[nH]cc(C=CCNC(=O)OCC3c4ccccc4-c4ccccc43)c12. The summed E-state index contributed by atoms with van der Waals surface area (Å²) in [5, 5.41) is 4.03. The lowest BCUT2D eigenvalue weighted by molar-refractivity contribution is 0.144. The van der Waals surface area contributed by atoms with Crippen molar-refractivity contribution in [2.24, 2.45) is 0 Å². The highest BCUT2D eigenvalue weighted by Gasteiger charge is 2.28. The topological polar surface area (TPSA) is 54.1 Å². The van der Waals surface area contributed by atoms with E-state index in [1.54, 1.807) is 0 Å². The van der Waals surface area contributed by atoms with Crippen LogP contribution in [-0.4, -0.2) is 24.2 Å². The van der Waals surface area contributed by atoms with E-state index in [0.717, 1.165) is 11.1 Å². The highest BCUT2D eigenvalue weighted by atomic mass is 16.5. The molecule has 3 aromatic carbocycles. The Morgan fingerprint density at radius 3 is 2.45 bits per heavy atom. The highest BCUT2D eigenvalue weighted by Crippen LogP contribution is 2.44. The number of hydrogen-bond acceptors (Lipinski definition) is 2. The number of amides is 1. The van der Waals surface area contributed by atoms with Gasteiger partial charge in [-0.15, -0.1) is 0 Å². The molecule has 1 aliphatic carbocycles. The Morgan fingerprint density at radius 1 is 1.00 bits per heavy atom. The third-order valence-electron chi connectivity index (χ3n) is 5.95. The number of aromatic amines is 1. The van der Waals surface area contributed by atoms with Gasteiger partial charge in [0.05, 0.1) is 0 Å². The molecule has 5 rings (SSSR count). The third kappa shape index (κ3) is 3.61. The number of H-pyrrole nitrogens is 1. The quantitative estimate of drug-likeness (QED) is 0.424. The van der Waals surface area contributed by atoms with Crippen molar-refractivity contribution in [1.82, 2.24) is 10.3 Å². The van der Waals surface area contributed by atoms with Gasteiger partial charge in [0.15, 0.2) is 0 Å². The van der Waals surface area contributed by atoms with E-state index in [-0.39, 0.29) is 5.92 Å². The molecule has 0 spiro atoms. The van der Waals surface area contributed by atoms with E-state index in [4.69, 9.17) is 4.74 Å². The lowest BCUT2D eigenvalue weighted by atomic mass is 9.98. The van der Waals surface area contributed by atoms with Gasteiger partial charge in [-0.1, -0.05) is 72.8 Å². The second-order valence-electron chi connectivity index (χ2n) is 7.85. The van der Waals surface area contributed by atoms with Crippen molar-refractivity contribution < 1.29 is 9.53 Å². The fourth-order valence-electron chi connectivity index (χ4n) is 4.51. The summed E-state index contributed by atoms with van der Waals surface area (Å²) in [6.07, 6.45) is 5.55. The first-order chi connectivity index (χ1) is 15.2. The van der Waals surface area contributed by atoms with E-state index in [2.05, 4.69) is 53.6 Å². The summed E-state index contributed by atoms with van der Waals surface area (Å²) in [5.41, 5.74) is 8.33. The van der Waals surface area contributed by atoms with Crippen molar-refractivity contribution in [3.05, 3.63) is 101 Å². The second-order valence-corrected chi connectivity index (χ2v) is 7.85. The van der Waals surface area contributed by atoms with Crippen molar-refractivity contribution in [1.29, 1.82) is 0 Å². The lowest BCUT2D eigenvalue weighted by Gasteiger charge is -2.14. The lowest BCUT2D eigenvalue weighted by Crippen LogP contribution is -2.26. The molecule has 0 unspecified atom stereocenters. The normalized spacial score (nSPS) is 12.8. The Balaban J connectivity index is 1.20. The predicted molar refractivity (Wildman–Crippen MR) is 125 cm³/mol. The van der Waals surface area contributed by atoms with Gasteiger partial charge in [0.2, 0.25) is 0 Å². The number of benzene rings is 3. The van der Waals surface area contributed by atoms with Crippen molar-refractivity contribution >= 4 is 23.1 Å². The maximum Gasteiger partial charge on any atom is 0.407 e. The maximum absolute atomic E-state index is 12.3. The molecule has 31 heavy (non-hydrogen) atoms. The molecule has 2 N–H and O–H groups in total. The van der Waals surface area contributed by atoms with Crippen molar-refractivity contribution in [2.45, 2.75) is 12.8 Å². The van der Waals surface area contributed by atoms with Gasteiger partial charge in [-0.2, -0.15) is 0 Å². The molecular weight excluding hydrogens is 384 g/mol. The molecule has 4 nitrogen and oxygen atoms in total. The van der Waals surface area contributed by atoms with Crippen molar-refractivity contribution in [2.75, 3.05) is 13.2 Å². The fraction of sp³-hybridized carbons (Fsp3) is 0.148. The molecule has 0 saturated heterocycles. The van der Waals surface area contributed by atoms with Crippen LogP contribution in [0.4, 0.5) is 4.79 Å². The number of alkyl carbamates (subject to hydrolysis) is 1. The summed E-state index contributed by atoms with van der Waals surface area (Å²) in [6.45, 7) is 2.84. The van der Waals surface area contributed by atoms with Crippen molar-refractivity contribution in [3.63, 3.8) is 0 Å². The number of rotatable bonds is 5. The Hall–Kier alpha value is -3.79. The van der Waals surface area contributed by atoms with Crippen LogP contribution in [-0.2, 0) is 4.74 Å². The van der Waals surface area contributed by atoms with Gasteiger partial charge in [0, 0.05) is 29.6 Å². The zero-order chi connectivity index (χ0) is 21.2. The smallest absolute Gasteiger partial charge is 0.407 e. The summed E-state index contributed by atoms with van der Waals surface area (Å²) in [5.74, 6) is 0.0721. The van der Waals surface area contributed by atoms with Crippen LogP contribution < -0.4 is 5.32 Å². The molecular formula is C27H24N2O2. The van der Waals surface area contributed by atoms with E-state index in [1.807, 2.05) is 48.7 Å². The number of fused-ring (bicyclic) bond motifs is 4. The van der Waals surface area contributed by atoms with Gasteiger partial charge in [0.25, 0.3) is 0 Å². The number of hydrogen-bond donors (Lipinski definition) is 2. The van der Waals surface area contributed by atoms with Crippen molar-refractivity contribution in [3.8, 4) is 11.1 Å². The molecule has 4 aromatic rings. The molecule has 154 valence electrons. The van der Waals surface area contributed by atoms with E-state index in [1.165, 1.54) is 33.2 Å². The summed E-state index contributed by atoms with van der Waals surface area (Å²) in [4.78, 5) is 15.6. The van der Waals surface area contributed by atoms with Gasteiger partial charge in [-0.05, 0) is 46.4 Å². The number of aryl methyl sites for hydroxylation is 1. The molecule has 1 amide bonds. The van der Waals surface area contributed by atoms with E-state index < -0.39 is 6.09 Å². The van der Waals surface area contributed by atoms with Crippen LogP contribution in [0.25, 0.3) is 28.1 Å². The summed E-state index contributed by atoms with van der Waals surface area (Å²) in [7, 11) is 0. The number of carbonyl (C=O) groups is 1. The third-order valence-corrected chi connectivity index (χ3v) is 5.95. The van der Waals surface area contributed by atoms with E-state index in [0.29, 0.717) is 13.2 Å². The molecule has 0 atom stereocenters. The molecule has 0 aliphatic heterocycles. The molecule has 1 heterocycles. The molecule has 1 aliphatic rings. The molecule has 0 radical (unpaired) electrons. The van der Waals surface area contributed by atoms with Crippen LogP contribution in [0.3, 0.4) is 0 Å². The first-order valence-electron chi connectivity index (χ1n) is 10.5. The maximum atomic E-state index is 12.3. The van der Waals surface area contributed by atoms with Crippen LogP contribution in [0.1, 0.15) is 28.2 Å². The first-order valence-corrected chi connectivity index (χ1v) is 10.5. The van der Waals surface area contributed by atoms with Crippen LogP contribution in [0.5, 0.6) is 0 Å². The Kier molecular flexibility index (Phi) is 5.04. The first kappa shape index (κ1) is 19.2. The molecule has 0 saturated carbocycles. The number of nitrogens with one attached hydrogen (secondary N) is 2. The number of ether oxygens (including phenoxy) is 1. The van der Waals surface area contributed by atoms with Crippen LogP contribution in [0.2, 0.25) is 0 Å². The molecule has 0 bridgehead atoms. The largest absolute Gasteiger partial charge is 0.449 e. The zero-order valence-electron chi connectivity index (χ0n) is 17.4. The standard InChI is InChI=1S/C27H24N2O2/c1-18-8-6-14-25-26(18)19(16-29-25)9-7-15-28-27(30)31-17-24-22-12-4-2-10-20(22)21-11-3-5-13-23(21)24/h2-14,16,24,29H,15,17H2,1H3,(H,28,30). The summed E-state index contributed by atoms with van der Waals surface area (Å²) < 4.78 is 5.58.